The molecule has 0 amide bonds. The smallest absolute Gasteiger partial charge is 0.414 e. The molecule has 1 atom stereocenters. The van der Waals surface area contributed by atoms with E-state index >= 15 is 0 Å². The van der Waals surface area contributed by atoms with E-state index in [9.17, 15) is 13.5 Å². The maximum absolute atomic E-state index is 12.0. The third kappa shape index (κ3) is 9.16. The van der Waals surface area contributed by atoms with Crippen LogP contribution in [0.15, 0.2) is 78.0 Å². The van der Waals surface area contributed by atoms with E-state index < -0.39 is 28.1 Å². The maximum Gasteiger partial charge on any atom is 0.414 e. The van der Waals surface area contributed by atoms with Crippen LogP contribution in [0.3, 0.4) is 0 Å². The topological polar surface area (TPSA) is 163 Å². The highest BCUT2D eigenvalue weighted by Gasteiger charge is 2.12. The number of sulfonamides is 1. The van der Waals surface area contributed by atoms with Gasteiger partial charge >= 0.3 is 11.9 Å². The Labute approximate surface area is 202 Å². The Balaban J connectivity index is 0.000000641. The molecule has 0 fully saturated rings. The molecule has 0 aliphatic rings. The molecule has 0 spiro atoms. The van der Waals surface area contributed by atoms with E-state index in [-0.39, 0.29) is 11.5 Å². The number of benzene rings is 2. The number of aromatic nitrogens is 1. The number of carbonyl (C=O) groups is 2. The second-order valence-electron chi connectivity index (χ2n) is 7.23. The molecule has 4 N–H and O–H groups in total. The minimum absolute atomic E-state index is 0.204. The van der Waals surface area contributed by atoms with E-state index in [2.05, 4.69) is 9.71 Å². The molecule has 35 heavy (non-hydrogen) atoms. The van der Waals surface area contributed by atoms with Crippen molar-refractivity contribution in [1.82, 2.24) is 9.71 Å². The lowest BCUT2D eigenvalue weighted by molar-refractivity contribution is -0.159. The van der Waals surface area contributed by atoms with Gasteiger partial charge in [-0.25, -0.2) is 22.7 Å². The molecule has 0 saturated heterocycles. The number of aliphatic hydroxyl groups excluding tert-OH is 1. The minimum atomic E-state index is -3.49. The maximum atomic E-state index is 12.0. The fourth-order valence-electron chi connectivity index (χ4n) is 2.86. The average Bonchev–Trinajstić information content (AvgIpc) is 2.87. The van der Waals surface area contributed by atoms with Gasteiger partial charge in [0.25, 0.3) is 0 Å². The number of nitrogens with one attached hydrogen (secondary N) is 1. The van der Waals surface area contributed by atoms with Crippen LogP contribution in [-0.4, -0.2) is 60.4 Å². The van der Waals surface area contributed by atoms with Crippen LogP contribution in [-0.2, 0) is 26.0 Å². The summed E-state index contributed by atoms with van der Waals surface area (Å²) in [4.78, 5) is 22.5. The van der Waals surface area contributed by atoms with E-state index in [1.807, 2.05) is 42.5 Å². The van der Waals surface area contributed by atoms with E-state index in [0.29, 0.717) is 12.2 Å². The van der Waals surface area contributed by atoms with E-state index in [1.54, 1.807) is 30.6 Å². The molecule has 0 aliphatic carbocycles. The molecule has 3 rings (SSSR count). The van der Waals surface area contributed by atoms with Crippen LogP contribution in [0.1, 0.15) is 12.0 Å². The molecule has 11 heteroatoms. The first-order chi connectivity index (χ1) is 16.6. The van der Waals surface area contributed by atoms with Gasteiger partial charge in [-0.2, -0.15) is 0 Å². The van der Waals surface area contributed by atoms with Crippen LogP contribution in [0.2, 0.25) is 0 Å². The molecule has 0 saturated carbocycles. The quantitative estimate of drug-likeness (QED) is 0.321. The summed E-state index contributed by atoms with van der Waals surface area (Å²) in [7, 11) is -2.10. The summed E-state index contributed by atoms with van der Waals surface area (Å²) in [5.74, 6) is -3.00. The second kappa shape index (κ2) is 13.2. The first-order valence-electron chi connectivity index (χ1n) is 10.4. The van der Waals surface area contributed by atoms with Gasteiger partial charge in [0.1, 0.15) is 12.4 Å². The van der Waals surface area contributed by atoms with Crippen molar-refractivity contribution in [3.8, 4) is 16.9 Å². The SMILES string of the molecule is CNS(=O)(=O)c1cccc(-c2ccc(OC[C@H](O)CCc3cccnc3)cc2)c1.O=C(O)C(=O)O. The number of hydrogen-bond donors (Lipinski definition) is 4. The molecule has 0 aliphatic heterocycles. The van der Waals surface area contributed by atoms with Crippen LogP contribution in [0.25, 0.3) is 11.1 Å². The van der Waals surface area contributed by atoms with Crippen molar-refractivity contribution in [2.45, 2.75) is 23.8 Å². The highest BCUT2D eigenvalue weighted by atomic mass is 32.2. The van der Waals surface area contributed by atoms with Gasteiger partial charge in [0.2, 0.25) is 10.0 Å². The molecule has 0 radical (unpaired) electrons. The Morgan fingerprint density at radius 1 is 1.00 bits per heavy atom. The lowest BCUT2D eigenvalue weighted by Crippen LogP contribution is -2.18. The van der Waals surface area contributed by atoms with Crippen LogP contribution in [0.5, 0.6) is 5.75 Å². The fourth-order valence-corrected chi connectivity index (χ4v) is 3.63. The van der Waals surface area contributed by atoms with E-state index in [4.69, 9.17) is 24.5 Å². The molecule has 3 aromatic rings. The molecule has 2 aromatic carbocycles. The first-order valence-corrected chi connectivity index (χ1v) is 11.9. The molecule has 0 bridgehead atoms. The number of nitrogens with zero attached hydrogens (tertiary/aromatic N) is 1. The standard InChI is InChI=1S/C22H24N2O4S.C2H2O4/c1-23-29(26,27)22-6-2-5-19(14-22)18-8-11-21(12-9-18)28-16-20(25)10-7-17-4-3-13-24-15-17;3-1(4)2(5)6/h2-6,8-9,11-15,20,23,25H,7,10,16H2,1H3;(H,3,4)(H,5,6)/t20-;/m1./s1. The largest absolute Gasteiger partial charge is 0.491 e. The molecule has 1 aromatic heterocycles. The Kier molecular flexibility index (Phi) is 10.3. The Bertz CT molecular complexity index is 1200. The summed E-state index contributed by atoms with van der Waals surface area (Å²) in [5.41, 5.74) is 2.76. The number of pyridine rings is 1. The van der Waals surface area contributed by atoms with Crippen LogP contribution in [0, 0.1) is 0 Å². The second-order valence-corrected chi connectivity index (χ2v) is 9.12. The predicted octanol–water partition coefficient (Wildman–Crippen LogP) is 2.18. The Morgan fingerprint density at radius 3 is 2.26 bits per heavy atom. The number of carboxylic acid groups (broad SMARTS) is 2. The normalized spacial score (nSPS) is 11.6. The number of ether oxygens (including phenoxy) is 1. The Hall–Kier alpha value is -3.80. The van der Waals surface area contributed by atoms with Crippen molar-refractivity contribution in [2.75, 3.05) is 13.7 Å². The van der Waals surface area contributed by atoms with Crippen molar-refractivity contribution in [3.63, 3.8) is 0 Å². The highest BCUT2D eigenvalue weighted by Crippen LogP contribution is 2.25. The average molecular weight is 503 g/mol. The summed E-state index contributed by atoms with van der Waals surface area (Å²) in [5, 5.41) is 24.9. The summed E-state index contributed by atoms with van der Waals surface area (Å²) in [6, 6.07) is 18.0. The van der Waals surface area contributed by atoms with Crippen molar-refractivity contribution in [1.29, 1.82) is 0 Å². The van der Waals surface area contributed by atoms with Crippen molar-refractivity contribution < 1.29 is 38.1 Å². The molecule has 0 unspecified atom stereocenters. The number of carboxylic acids is 2. The zero-order valence-corrected chi connectivity index (χ0v) is 19.7. The molecule has 1 heterocycles. The number of rotatable bonds is 9. The van der Waals surface area contributed by atoms with Gasteiger partial charge in [-0.1, -0.05) is 30.3 Å². The minimum Gasteiger partial charge on any atom is -0.491 e. The van der Waals surface area contributed by atoms with Gasteiger partial charge in [0.15, 0.2) is 0 Å². The number of aliphatic hydroxyl groups is 1. The molecular weight excluding hydrogens is 476 g/mol. The van der Waals surface area contributed by atoms with Gasteiger partial charge in [0, 0.05) is 12.4 Å². The van der Waals surface area contributed by atoms with E-state index in [0.717, 1.165) is 23.1 Å². The van der Waals surface area contributed by atoms with Crippen LogP contribution in [0.4, 0.5) is 0 Å². The lowest BCUT2D eigenvalue weighted by Gasteiger charge is -2.13. The number of aryl methyl sites for hydroxylation is 1. The summed E-state index contributed by atoms with van der Waals surface area (Å²) >= 11 is 0. The monoisotopic (exact) mass is 502 g/mol. The third-order valence-corrected chi connectivity index (χ3v) is 6.13. The van der Waals surface area contributed by atoms with Gasteiger partial charge in [0.05, 0.1) is 11.0 Å². The number of hydrogen-bond acceptors (Lipinski definition) is 7. The summed E-state index contributed by atoms with van der Waals surface area (Å²) in [6.45, 7) is 0.204. The van der Waals surface area contributed by atoms with Gasteiger partial charge in [-0.3, -0.25) is 4.98 Å². The molecule has 10 nitrogen and oxygen atoms in total. The highest BCUT2D eigenvalue weighted by molar-refractivity contribution is 7.89. The first kappa shape index (κ1) is 27.4. The summed E-state index contributed by atoms with van der Waals surface area (Å²) < 4.78 is 31.9. The van der Waals surface area contributed by atoms with Crippen molar-refractivity contribution in [3.05, 3.63) is 78.6 Å². The molecule has 186 valence electrons. The number of aliphatic carboxylic acids is 2. The van der Waals surface area contributed by atoms with Gasteiger partial charge in [-0.05, 0) is 66.9 Å². The predicted molar refractivity (Wildman–Crippen MR) is 127 cm³/mol. The zero-order chi connectivity index (χ0) is 25.8. The van der Waals surface area contributed by atoms with Crippen molar-refractivity contribution in [2.24, 2.45) is 0 Å². The van der Waals surface area contributed by atoms with Crippen molar-refractivity contribution >= 4 is 22.0 Å². The molecular formula is C24H26N2O8S. The lowest BCUT2D eigenvalue weighted by atomic mass is 10.1. The zero-order valence-electron chi connectivity index (χ0n) is 18.9. The van der Waals surface area contributed by atoms with Crippen LogP contribution < -0.4 is 9.46 Å². The van der Waals surface area contributed by atoms with E-state index in [1.165, 1.54) is 7.05 Å². The third-order valence-electron chi connectivity index (χ3n) is 4.72. The fraction of sp³-hybridized carbons (Fsp3) is 0.208. The van der Waals surface area contributed by atoms with Gasteiger partial charge < -0.3 is 20.1 Å². The van der Waals surface area contributed by atoms with Gasteiger partial charge in [-0.15, -0.1) is 0 Å². The Morgan fingerprint density at radius 2 is 1.69 bits per heavy atom. The summed E-state index contributed by atoms with van der Waals surface area (Å²) in [6.07, 6.45) is 4.28. The van der Waals surface area contributed by atoms with Crippen LogP contribution >= 0.6 is 0 Å².